The number of likely N-dealkylation sites (tertiary alicyclic amines) is 1. The van der Waals surface area contributed by atoms with Crippen LogP contribution in [0.3, 0.4) is 0 Å². The van der Waals surface area contributed by atoms with Crippen LogP contribution >= 0.6 is 0 Å². The molecule has 1 N–H and O–H groups in total. The van der Waals surface area contributed by atoms with Crippen LogP contribution in [0.4, 0.5) is 5.69 Å². The highest BCUT2D eigenvalue weighted by atomic mass is 16.2. The third-order valence-corrected chi connectivity index (χ3v) is 4.55. The number of nitrogens with one attached hydrogen (secondary N) is 1. The molecule has 26 heavy (non-hydrogen) atoms. The number of anilines is 1. The smallest absolute Gasteiger partial charge is 0.264 e. The summed E-state index contributed by atoms with van der Waals surface area (Å²) in [5.41, 5.74) is 3.20. The van der Waals surface area contributed by atoms with Crippen LogP contribution < -0.4 is 5.32 Å². The van der Waals surface area contributed by atoms with Crippen molar-refractivity contribution < 1.29 is 4.79 Å². The van der Waals surface area contributed by atoms with Gasteiger partial charge < -0.3 is 10.2 Å². The van der Waals surface area contributed by atoms with Gasteiger partial charge in [-0.2, -0.15) is 5.26 Å². The van der Waals surface area contributed by atoms with E-state index in [-0.39, 0.29) is 11.5 Å². The molecule has 3 rings (SSSR count). The number of rotatable bonds is 4. The molecular weight excluding hydrogens is 324 g/mol. The molecule has 0 bridgehead atoms. The maximum Gasteiger partial charge on any atom is 0.264 e. The minimum atomic E-state index is -0.187. The Morgan fingerprint density at radius 1 is 1.27 bits per heavy atom. The summed E-state index contributed by atoms with van der Waals surface area (Å²) in [6, 6.07) is 14.0. The Morgan fingerprint density at radius 2 is 2.00 bits per heavy atom. The molecule has 1 aromatic heterocycles. The van der Waals surface area contributed by atoms with Crippen molar-refractivity contribution in [3.8, 4) is 6.07 Å². The average Bonchev–Trinajstić information content (AvgIpc) is 2.68. The molecule has 1 saturated heterocycles. The predicted molar refractivity (Wildman–Crippen MR) is 102 cm³/mol. The summed E-state index contributed by atoms with van der Waals surface area (Å²) in [7, 11) is 0. The minimum absolute atomic E-state index is 0.187. The second kappa shape index (κ2) is 8.30. The number of benzene rings is 1. The number of hydrogen-bond donors (Lipinski definition) is 1. The van der Waals surface area contributed by atoms with E-state index in [9.17, 15) is 10.1 Å². The molecule has 1 aliphatic rings. The fraction of sp³-hybridized carbons (Fsp3) is 0.286. The van der Waals surface area contributed by atoms with E-state index in [1.807, 2.05) is 43.3 Å². The van der Waals surface area contributed by atoms with E-state index in [1.165, 1.54) is 0 Å². The van der Waals surface area contributed by atoms with Gasteiger partial charge in [-0.3, -0.25) is 9.78 Å². The van der Waals surface area contributed by atoms with Crippen molar-refractivity contribution in [1.29, 1.82) is 5.26 Å². The van der Waals surface area contributed by atoms with Crippen LogP contribution in [0.1, 0.15) is 24.0 Å². The summed E-state index contributed by atoms with van der Waals surface area (Å²) in [5.74, 6) is -0.187. The summed E-state index contributed by atoms with van der Waals surface area (Å²) < 4.78 is 0. The van der Waals surface area contributed by atoms with Crippen LogP contribution in [-0.2, 0) is 4.79 Å². The second-order valence-electron chi connectivity index (χ2n) is 6.53. The second-order valence-corrected chi connectivity index (χ2v) is 6.53. The van der Waals surface area contributed by atoms with E-state index in [4.69, 9.17) is 0 Å². The zero-order valence-electron chi connectivity index (χ0n) is 14.9. The van der Waals surface area contributed by atoms with Crippen LogP contribution in [0.2, 0.25) is 0 Å². The van der Waals surface area contributed by atoms with Gasteiger partial charge in [0.15, 0.2) is 0 Å². The minimum Gasteiger partial charge on any atom is -0.381 e. The van der Waals surface area contributed by atoms with Crippen molar-refractivity contribution in [2.24, 2.45) is 0 Å². The number of nitrogens with zero attached hydrogens (tertiary/aromatic N) is 3. The van der Waals surface area contributed by atoms with Gasteiger partial charge in [-0.25, -0.2) is 0 Å². The van der Waals surface area contributed by atoms with Gasteiger partial charge in [0, 0.05) is 31.5 Å². The van der Waals surface area contributed by atoms with E-state index in [2.05, 4.69) is 16.4 Å². The summed E-state index contributed by atoms with van der Waals surface area (Å²) >= 11 is 0. The van der Waals surface area contributed by atoms with Gasteiger partial charge in [0.1, 0.15) is 11.6 Å². The molecular formula is C21H22N4O. The van der Waals surface area contributed by atoms with E-state index in [1.54, 1.807) is 23.4 Å². The predicted octanol–water partition coefficient (Wildman–Crippen LogP) is 3.40. The normalized spacial score (nSPS) is 15.4. The fourth-order valence-electron chi connectivity index (χ4n) is 3.05. The number of amides is 1. The highest BCUT2D eigenvalue weighted by Gasteiger charge is 2.24. The zero-order valence-corrected chi connectivity index (χ0v) is 14.9. The van der Waals surface area contributed by atoms with Gasteiger partial charge in [-0.15, -0.1) is 0 Å². The number of pyridine rings is 1. The first kappa shape index (κ1) is 17.7. The molecule has 2 heterocycles. The molecule has 5 nitrogen and oxygen atoms in total. The van der Waals surface area contributed by atoms with Gasteiger partial charge in [0.25, 0.3) is 5.91 Å². The molecule has 0 atom stereocenters. The third kappa shape index (κ3) is 4.48. The highest BCUT2D eigenvalue weighted by Crippen LogP contribution is 2.18. The van der Waals surface area contributed by atoms with Crippen LogP contribution in [0, 0.1) is 18.3 Å². The number of aryl methyl sites for hydroxylation is 1. The first-order chi connectivity index (χ1) is 12.7. The van der Waals surface area contributed by atoms with Crippen molar-refractivity contribution in [2.75, 3.05) is 18.4 Å². The topological polar surface area (TPSA) is 69.0 Å². The number of aromatic nitrogens is 1. The Labute approximate surface area is 154 Å². The van der Waals surface area contributed by atoms with Gasteiger partial charge >= 0.3 is 0 Å². The summed E-state index contributed by atoms with van der Waals surface area (Å²) in [6.45, 7) is 3.29. The zero-order chi connectivity index (χ0) is 18.4. The molecule has 1 aliphatic heterocycles. The lowest BCUT2D eigenvalue weighted by atomic mass is 10.0. The van der Waals surface area contributed by atoms with Gasteiger partial charge in [-0.05, 0) is 43.5 Å². The molecule has 0 aliphatic carbocycles. The van der Waals surface area contributed by atoms with Crippen molar-refractivity contribution in [2.45, 2.75) is 25.8 Å². The average molecular weight is 346 g/mol. The summed E-state index contributed by atoms with van der Waals surface area (Å²) in [6.07, 6.45) is 6.92. The lowest BCUT2D eigenvalue weighted by Crippen LogP contribution is -2.42. The van der Waals surface area contributed by atoms with E-state index in [0.717, 1.165) is 29.7 Å². The van der Waals surface area contributed by atoms with Crippen molar-refractivity contribution in [3.63, 3.8) is 0 Å². The van der Waals surface area contributed by atoms with Crippen LogP contribution in [0.25, 0.3) is 6.08 Å². The molecule has 5 heteroatoms. The monoisotopic (exact) mass is 346 g/mol. The summed E-state index contributed by atoms with van der Waals surface area (Å²) in [5, 5.41) is 12.9. The van der Waals surface area contributed by atoms with Crippen molar-refractivity contribution >= 4 is 17.7 Å². The number of piperidine rings is 1. The molecule has 0 saturated carbocycles. The van der Waals surface area contributed by atoms with E-state index >= 15 is 0 Å². The van der Waals surface area contributed by atoms with E-state index in [0.29, 0.717) is 19.1 Å². The standard InChI is InChI=1S/C21H22N4O/c1-16-4-6-17(7-5-16)13-18(14-22)21(26)25-11-8-19(9-12-25)24-20-3-2-10-23-15-20/h2-7,10,13,15,19,24H,8-9,11-12H2,1H3/b18-13-. The van der Waals surface area contributed by atoms with Gasteiger partial charge in [0.05, 0.1) is 5.69 Å². The SMILES string of the molecule is Cc1ccc(/C=C(/C#N)C(=O)N2CCC(Nc3cccnc3)CC2)cc1. The molecule has 132 valence electrons. The van der Waals surface area contributed by atoms with Crippen LogP contribution in [-0.4, -0.2) is 34.9 Å². The maximum atomic E-state index is 12.7. The Balaban J connectivity index is 1.60. The maximum absolute atomic E-state index is 12.7. The van der Waals surface area contributed by atoms with Gasteiger partial charge in [0.2, 0.25) is 0 Å². The molecule has 1 fully saturated rings. The molecule has 1 aromatic carbocycles. The largest absolute Gasteiger partial charge is 0.381 e. The van der Waals surface area contributed by atoms with Gasteiger partial charge in [-0.1, -0.05) is 29.8 Å². The molecule has 1 amide bonds. The Morgan fingerprint density at radius 3 is 2.62 bits per heavy atom. The third-order valence-electron chi connectivity index (χ3n) is 4.55. The molecule has 2 aromatic rings. The number of hydrogen-bond acceptors (Lipinski definition) is 4. The molecule has 0 radical (unpaired) electrons. The van der Waals surface area contributed by atoms with Crippen molar-refractivity contribution in [1.82, 2.24) is 9.88 Å². The Bertz CT molecular complexity index is 813. The van der Waals surface area contributed by atoms with Crippen molar-refractivity contribution in [3.05, 3.63) is 65.5 Å². The van der Waals surface area contributed by atoms with Crippen LogP contribution in [0.5, 0.6) is 0 Å². The molecule has 0 spiro atoms. The highest BCUT2D eigenvalue weighted by molar-refractivity contribution is 6.01. The lowest BCUT2D eigenvalue weighted by molar-refractivity contribution is -0.127. The lowest BCUT2D eigenvalue weighted by Gasteiger charge is -2.32. The van der Waals surface area contributed by atoms with Crippen LogP contribution in [0.15, 0.2) is 54.4 Å². The number of nitriles is 1. The number of carbonyl (C=O) groups is 1. The summed E-state index contributed by atoms with van der Waals surface area (Å²) in [4.78, 5) is 18.5. The van der Waals surface area contributed by atoms with E-state index < -0.39 is 0 Å². The Kier molecular flexibility index (Phi) is 5.65. The first-order valence-corrected chi connectivity index (χ1v) is 8.80. The molecule has 0 unspecified atom stereocenters. The quantitative estimate of drug-likeness (QED) is 0.680. The first-order valence-electron chi connectivity index (χ1n) is 8.80. The number of carbonyl (C=O) groups excluding carboxylic acids is 1. The Hall–Kier alpha value is -3.13. The fourth-order valence-corrected chi connectivity index (χ4v) is 3.05.